The van der Waals surface area contributed by atoms with Crippen molar-refractivity contribution in [2.24, 2.45) is 0 Å². The van der Waals surface area contributed by atoms with Gasteiger partial charge in [0.2, 0.25) is 5.01 Å². The van der Waals surface area contributed by atoms with Gasteiger partial charge in [0.05, 0.1) is 34.4 Å². The number of hydrogen-bond donors (Lipinski definition) is 3. The van der Waals surface area contributed by atoms with Crippen molar-refractivity contribution in [3.63, 3.8) is 0 Å². The molecule has 190 valence electrons. The van der Waals surface area contributed by atoms with E-state index in [1.807, 2.05) is 24.3 Å². The van der Waals surface area contributed by atoms with E-state index in [0.717, 1.165) is 40.9 Å². The minimum absolute atomic E-state index is 0.249. The van der Waals surface area contributed by atoms with Crippen molar-refractivity contribution in [3.8, 4) is 10.6 Å². The van der Waals surface area contributed by atoms with Crippen molar-refractivity contribution in [2.45, 2.75) is 44.0 Å². The van der Waals surface area contributed by atoms with Crippen LogP contribution < -0.4 is 10.6 Å². The van der Waals surface area contributed by atoms with Crippen molar-refractivity contribution >= 4 is 45.5 Å². The number of carbonyl (C=O) groups excluding carboxylic acids is 1. The predicted octanol–water partition coefficient (Wildman–Crippen LogP) is 3.80. The molecule has 1 amide bonds. The van der Waals surface area contributed by atoms with Crippen LogP contribution in [0.25, 0.3) is 21.6 Å². The summed E-state index contributed by atoms with van der Waals surface area (Å²) in [7, 11) is 0. The van der Waals surface area contributed by atoms with Crippen molar-refractivity contribution in [1.82, 2.24) is 30.0 Å². The summed E-state index contributed by atoms with van der Waals surface area (Å²) in [6, 6.07) is 7.17. The number of aliphatic hydroxyl groups excluding tert-OH is 1. The number of aromatic nitrogens is 5. The third-order valence-electron chi connectivity index (χ3n) is 6.71. The minimum Gasteiger partial charge on any atom is -0.391 e. The van der Waals surface area contributed by atoms with Gasteiger partial charge < -0.3 is 20.6 Å². The molecule has 3 unspecified atom stereocenters. The molecule has 1 aliphatic heterocycles. The molecule has 3 N–H and O–H groups in total. The first-order valence-electron chi connectivity index (χ1n) is 12.2. The number of fused-ring (bicyclic) bond motifs is 1. The van der Waals surface area contributed by atoms with E-state index in [4.69, 9.17) is 0 Å². The van der Waals surface area contributed by atoms with E-state index >= 15 is 0 Å². The number of nitrogens with one attached hydrogen (secondary N) is 2. The molecule has 1 saturated heterocycles. The molecule has 2 fully saturated rings. The summed E-state index contributed by atoms with van der Waals surface area (Å²) in [6.45, 7) is 0.784. The van der Waals surface area contributed by atoms with E-state index in [9.17, 15) is 14.3 Å². The lowest BCUT2D eigenvalue weighted by molar-refractivity contribution is 0.0763. The van der Waals surface area contributed by atoms with Gasteiger partial charge in [-0.05, 0) is 43.9 Å². The molecule has 3 atom stereocenters. The van der Waals surface area contributed by atoms with Crippen molar-refractivity contribution < 1.29 is 14.3 Å². The molecule has 10 nitrogen and oxygen atoms in total. The summed E-state index contributed by atoms with van der Waals surface area (Å²) in [4.78, 5) is 27.6. The van der Waals surface area contributed by atoms with Crippen LogP contribution in [0.2, 0.25) is 0 Å². The van der Waals surface area contributed by atoms with E-state index in [-0.39, 0.29) is 17.0 Å². The maximum atomic E-state index is 14.5. The zero-order chi connectivity index (χ0) is 25.4. The van der Waals surface area contributed by atoms with Gasteiger partial charge in [0.15, 0.2) is 5.01 Å². The number of amides is 1. The number of alkyl halides is 1. The van der Waals surface area contributed by atoms with E-state index < -0.39 is 12.3 Å². The zero-order valence-corrected chi connectivity index (χ0v) is 20.7. The second kappa shape index (κ2) is 9.94. The highest BCUT2D eigenvalue weighted by Gasteiger charge is 2.30. The molecule has 1 aliphatic carbocycles. The van der Waals surface area contributed by atoms with Crippen LogP contribution in [0.5, 0.6) is 0 Å². The molecule has 1 aromatic carbocycles. The number of likely N-dealkylation sites (tertiary alicyclic amines) is 1. The smallest absolute Gasteiger partial charge is 0.284 e. The number of pyridine rings is 1. The third-order valence-corrected chi connectivity index (χ3v) is 7.65. The average Bonchev–Trinajstić information content (AvgIpc) is 3.66. The van der Waals surface area contributed by atoms with Crippen LogP contribution in [-0.4, -0.2) is 72.5 Å². The molecule has 12 heteroatoms. The molecule has 2 aliphatic rings. The maximum Gasteiger partial charge on any atom is 0.284 e. The van der Waals surface area contributed by atoms with Crippen molar-refractivity contribution in [2.75, 3.05) is 23.7 Å². The SMILES string of the molecule is O=C(c1nnc(-c2cnc(Nc3ccc4nccnc4c3)cc2NC2CCCC2F)s1)N1CCC(O)C1. The molecule has 3 aromatic heterocycles. The topological polar surface area (TPSA) is 129 Å². The number of hydrogen-bond acceptors (Lipinski definition) is 10. The number of halogens is 1. The van der Waals surface area contributed by atoms with Crippen LogP contribution in [0, 0.1) is 0 Å². The molecule has 0 radical (unpaired) electrons. The Morgan fingerprint density at radius 1 is 1.08 bits per heavy atom. The Morgan fingerprint density at radius 3 is 2.73 bits per heavy atom. The molecule has 4 aromatic rings. The Hall–Kier alpha value is -3.77. The Kier molecular flexibility index (Phi) is 6.35. The van der Waals surface area contributed by atoms with Gasteiger partial charge in [-0.1, -0.05) is 11.3 Å². The fraction of sp³-hybridized carbons (Fsp3) is 0.360. The van der Waals surface area contributed by atoms with Crippen molar-refractivity contribution in [1.29, 1.82) is 0 Å². The Balaban J connectivity index is 1.30. The van der Waals surface area contributed by atoms with Crippen LogP contribution in [-0.2, 0) is 0 Å². The number of anilines is 3. The van der Waals surface area contributed by atoms with Crippen LogP contribution in [0.1, 0.15) is 35.5 Å². The first kappa shape index (κ1) is 23.6. The van der Waals surface area contributed by atoms with Gasteiger partial charge in [-0.25, -0.2) is 9.37 Å². The number of nitrogens with zero attached hydrogens (tertiary/aromatic N) is 6. The number of β-amino-alcohol motifs (C(OH)–C–C–N with tert-alkyl or cyclic N) is 1. The summed E-state index contributed by atoms with van der Waals surface area (Å²) in [6.07, 6.45) is 6.13. The fourth-order valence-corrected chi connectivity index (χ4v) is 5.60. The van der Waals surface area contributed by atoms with E-state index in [1.54, 1.807) is 23.5 Å². The first-order chi connectivity index (χ1) is 18.0. The zero-order valence-electron chi connectivity index (χ0n) is 19.8. The summed E-state index contributed by atoms with van der Waals surface area (Å²) < 4.78 is 14.5. The van der Waals surface area contributed by atoms with Gasteiger partial charge in [0.1, 0.15) is 12.0 Å². The summed E-state index contributed by atoms with van der Waals surface area (Å²) in [5.41, 5.74) is 3.65. The van der Waals surface area contributed by atoms with Crippen LogP contribution in [0.3, 0.4) is 0 Å². The standard InChI is InChI=1S/C25H25FN8O2S/c26-17-2-1-3-18(17)31-20-11-22(30-14-4-5-19-21(10-14)28-8-7-27-19)29-12-16(20)23-32-33-24(37-23)25(36)34-9-6-15(35)13-34/h4-5,7-8,10-12,15,17-18,35H,1-3,6,9,13H2,(H2,29,30,31). The number of aliphatic hydroxyl groups is 1. The lowest BCUT2D eigenvalue weighted by atomic mass is 10.1. The second-order valence-electron chi connectivity index (χ2n) is 9.30. The minimum atomic E-state index is -0.940. The largest absolute Gasteiger partial charge is 0.391 e. The van der Waals surface area contributed by atoms with Crippen LogP contribution >= 0.6 is 11.3 Å². The fourth-order valence-electron chi connectivity index (χ4n) is 4.76. The van der Waals surface area contributed by atoms with E-state index in [2.05, 4.69) is 35.8 Å². The Labute approximate surface area is 216 Å². The summed E-state index contributed by atoms with van der Waals surface area (Å²) in [5, 5.41) is 25.5. The molecule has 0 bridgehead atoms. The predicted molar refractivity (Wildman–Crippen MR) is 139 cm³/mol. The lowest BCUT2D eigenvalue weighted by Crippen LogP contribution is -2.29. The van der Waals surface area contributed by atoms with Crippen molar-refractivity contribution in [3.05, 3.63) is 47.9 Å². The van der Waals surface area contributed by atoms with E-state index in [0.29, 0.717) is 48.0 Å². The van der Waals surface area contributed by atoms with Crippen LogP contribution in [0.15, 0.2) is 42.9 Å². The van der Waals surface area contributed by atoms with Gasteiger partial charge in [0, 0.05) is 43.4 Å². The van der Waals surface area contributed by atoms with Crippen LogP contribution in [0.4, 0.5) is 21.6 Å². The lowest BCUT2D eigenvalue weighted by Gasteiger charge is -2.19. The van der Waals surface area contributed by atoms with Gasteiger partial charge >= 0.3 is 0 Å². The summed E-state index contributed by atoms with van der Waals surface area (Å²) in [5.74, 6) is 0.315. The number of benzene rings is 1. The maximum absolute atomic E-state index is 14.5. The average molecular weight is 521 g/mol. The monoisotopic (exact) mass is 520 g/mol. The van der Waals surface area contributed by atoms with E-state index in [1.165, 1.54) is 0 Å². The normalized spacial score (nSPS) is 21.5. The third kappa shape index (κ3) is 4.94. The van der Waals surface area contributed by atoms with Gasteiger partial charge in [-0.2, -0.15) is 0 Å². The quantitative estimate of drug-likeness (QED) is 0.348. The second-order valence-corrected chi connectivity index (χ2v) is 10.3. The highest BCUT2D eigenvalue weighted by Crippen LogP contribution is 2.35. The van der Waals surface area contributed by atoms with Gasteiger partial charge in [0.25, 0.3) is 5.91 Å². The Morgan fingerprint density at radius 2 is 1.95 bits per heavy atom. The van der Waals surface area contributed by atoms with Gasteiger partial charge in [-0.15, -0.1) is 10.2 Å². The highest BCUT2D eigenvalue weighted by molar-refractivity contribution is 7.16. The molecule has 4 heterocycles. The number of rotatable bonds is 6. The number of carbonyl (C=O) groups is 1. The molecule has 37 heavy (non-hydrogen) atoms. The highest BCUT2D eigenvalue weighted by atomic mass is 32.1. The molecular weight excluding hydrogens is 495 g/mol. The molecule has 6 rings (SSSR count). The molecule has 0 spiro atoms. The molecular formula is C25H25FN8O2S. The van der Waals surface area contributed by atoms with Gasteiger partial charge in [-0.3, -0.25) is 14.8 Å². The Bertz CT molecular complexity index is 1450. The summed E-state index contributed by atoms with van der Waals surface area (Å²) >= 11 is 1.16. The molecule has 1 saturated carbocycles. The first-order valence-corrected chi connectivity index (χ1v) is 13.0.